The third-order valence-electron chi connectivity index (χ3n) is 3.55. The van der Waals surface area contributed by atoms with Crippen molar-refractivity contribution in [3.8, 4) is 10.6 Å². The highest BCUT2D eigenvalue weighted by Crippen LogP contribution is 2.29. The molecule has 4 rings (SSSR count). The van der Waals surface area contributed by atoms with Crippen molar-refractivity contribution in [3.63, 3.8) is 0 Å². The summed E-state index contributed by atoms with van der Waals surface area (Å²) in [5.74, 6) is 1.11. The van der Waals surface area contributed by atoms with Crippen molar-refractivity contribution in [2.24, 2.45) is 0 Å². The predicted molar refractivity (Wildman–Crippen MR) is 108 cm³/mol. The van der Waals surface area contributed by atoms with E-state index in [1.807, 2.05) is 35.9 Å². The molecule has 0 bridgehead atoms. The third kappa shape index (κ3) is 4.26. The van der Waals surface area contributed by atoms with E-state index in [9.17, 15) is 4.79 Å². The number of pyridine rings is 1. The van der Waals surface area contributed by atoms with Gasteiger partial charge in [0.05, 0.1) is 21.8 Å². The second kappa shape index (κ2) is 8.03. The molecule has 6 nitrogen and oxygen atoms in total. The second-order valence-electron chi connectivity index (χ2n) is 5.54. The first-order chi connectivity index (χ1) is 13.2. The highest BCUT2D eigenvalue weighted by atomic mass is 32.2. The minimum atomic E-state index is -0.228. The van der Waals surface area contributed by atoms with Crippen LogP contribution in [0.4, 0.5) is 5.13 Å². The van der Waals surface area contributed by atoms with Crippen molar-refractivity contribution in [2.75, 3.05) is 5.32 Å². The summed E-state index contributed by atoms with van der Waals surface area (Å²) in [5.41, 5.74) is 2.19. The Hall–Kier alpha value is -2.49. The summed E-state index contributed by atoms with van der Waals surface area (Å²) in [5, 5.41) is 12.0. The molecule has 0 spiro atoms. The Labute approximate surface area is 167 Å². The molecule has 136 valence electrons. The van der Waals surface area contributed by atoms with Crippen molar-refractivity contribution in [1.82, 2.24) is 15.1 Å². The zero-order chi connectivity index (χ0) is 18.6. The van der Waals surface area contributed by atoms with Gasteiger partial charge in [0.2, 0.25) is 0 Å². The van der Waals surface area contributed by atoms with E-state index in [1.54, 1.807) is 29.7 Å². The van der Waals surface area contributed by atoms with E-state index in [2.05, 4.69) is 20.4 Å². The van der Waals surface area contributed by atoms with Crippen LogP contribution >= 0.6 is 34.4 Å². The number of thiophene rings is 1. The van der Waals surface area contributed by atoms with E-state index in [4.69, 9.17) is 4.52 Å². The lowest BCUT2D eigenvalue weighted by Gasteiger charge is -2.06. The van der Waals surface area contributed by atoms with Crippen LogP contribution in [0.3, 0.4) is 0 Å². The van der Waals surface area contributed by atoms with Gasteiger partial charge < -0.3 is 4.52 Å². The standard InChI is InChI=1S/C18H14N4O2S3/c1-11-8-12(22-24-11)9-26-17-13(4-2-6-19-17)16(23)21-18-20-14(10-27-18)15-5-3-7-25-15/h2-8,10H,9H2,1H3,(H,20,21,23). The Morgan fingerprint density at radius 1 is 1.30 bits per heavy atom. The lowest BCUT2D eigenvalue weighted by atomic mass is 10.3. The number of hydrogen-bond acceptors (Lipinski definition) is 8. The zero-order valence-electron chi connectivity index (χ0n) is 14.2. The van der Waals surface area contributed by atoms with E-state index in [1.165, 1.54) is 23.1 Å². The fourth-order valence-electron chi connectivity index (χ4n) is 2.34. The number of carbonyl (C=O) groups excluding carboxylic acids is 1. The van der Waals surface area contributed by atoms with Gasteiger partial charge in [-0.2, -0.15) is 0 Å². The molecule has 0 aliphatic rings. The van der Waals surface area contributed by atoms with E-state index in [-0.39, 0.29) is 5.91 Å². The van der Waals surface area contributed by atoms with Gasteiger partial charge in [-0.05, 0) is 30.5 Å². The van der Waals surface area contributed by atoms with E-state index >= 15 is 0 Å². The number of amides is 1. The van der Waals surface area contributed by atoms with Crippen molar-refractivity contribution in [3.05, 3.63) is 64.3 Å². The van der Waals surface area contributed by atoms with Gasteiger partial charge in [-0.3, -0.25) is 10.1 Å². The van der Waals surface area contributed by atoms with Crippen LogP contribution < -0.4 is 5.32 Å². The third-order valence-corrected chi connectivity index (χ3v) is 6.24. The maximum absolute atomic E-state index is 12.7. The number of nitrogens with zero attached hydrogens (tertiary/aromatic N) is 3. The quantitative estimate of drug-likeness (QED) is 0.442. The fourth-order valence-corrected chi connectivity index (χ4v) is 4.68. The normalized spacial score (nSPS) is 10.9. The minimum absolute atomic E-state index is 0.228. The molecule has 0 unspecified atom stereocenters. The minimum Gasteiger partial charge on any atom is -0.361 e. The van der Waals surface area contributed by atoms with E-state index in [0.717, 1.165) is 22.0 Å². The molecular formula is C18H14N4O2S3. The number of nitrogens with one attached hydrogen (secondary N) is 1. The molecule has 0 fully saturated rings. The number of thioether (sulfide) groups is 1. The van der Waals surface area contributed by atoms with Gasteiger partial charge in [0.1, 0.15) is 10.8 Å². The molecule has 0 saturated heterocycles. The molecule has 1 N–H and O–H groups in total. The maximum atomic E-state index is 12.7. The molecule has 0 aliphatic heterocycles. The Morgan fingerprint density at radius 3 is 3.00 bits per heavy atom. The average Bonchev–Trinajstić information content (AvgIpc) is 3.42. The van der Waals surface area contributed by atoms with Crippen LogP contribution in [0.15, 0.2) is 56.8 Å². The summed E-state index contributed by atoms with van der Waals surface area (Å²) in [6.45, 7) is 1.85. The highest BCUT2D eigenvalue weighted by Gasteiger charge is 2.16. The molecule has 27 heavy (non-hydrogen) atoms. The van der Waals surface area contributed by atoms with Gasteiger partial charge in [0.15, 0.2) is 5.13 Å². The van der Waals surface area contributed by atoms with Crippen molar-refractivity contribution in [1.29, 1.82) is 0 Å². The molecule has 0 radical (unpaired) electrons. The van der Waals surface area contributed by atoms with Gasteiger partial charge in [-0.25, -0.2) is 9.97 Å². The lowest BCUT2D eigenvalue weighted by molar-refractivity contribution is 0.102. The van der Waals surface area contributed by atoms with Crippen LogP contribution in [-0.2, 0) is 5.75 Å². The summed E-state index contributed by atoms with van der Waals surface area (Å²) < 4.78 is 5.07. The molecule has 4 aromatic heterocycles. The van der Waals surface area contributed by atoms with E-state index in [0.29, 0.717) is 21.5 Å². The van der Waals surface area contributed by atoms with Gasteiger partial charge in [-0.15, -0.1) is 22.7 Å². The SMILES string of the molecule is Cc1cc(CSc2ncccc2C(=O)Nc2nc(-c3cccs3)cs2)no1. The first-order valence-electron chi connectivity index (χ1n) is 8.00. The molecule has 1 amide bonds. The largest absolute Gasteiger partial charge is 0.361 e. The number of aryl methyl sites for hydroxylation is 1. The molecule has 0 aliphatic carbocycles. The molecular weight excluding hydrogens is 400 g/mol. The monoisotopic (exact) mass is 414 g/mol. The Kier molecular flexibility index (Phi) is 5.33. The predicted octanol–water partition coefficient (Wildman–Crippen LogP) is 5.11. The van der Waals surface area contributed by atoms with Gasteiger partial charge in [-0.1, -0.05) is 23.0 Å². The van der Waals surface area contributed by atoms with Crippen LogP contribution in [-0.4, -0.2) is 21.0 Å². The number of aromatic nitrogens is 3. The number of carbonyl (C=O) groups is 1. The van der Waals surface area contributed by atoms with Crippen molar-refractivity contribution in [2.45, 2.75) is 17.7 Å². The number of rotatable bonds is 6. The van der Waals surface area contributed by atoms with E-state index < -0.39 is 0 Å². The molecule has 0 aromatic carbocycles. The lowest BCUT2D eigenvalue weighted by Crippen LogP contribution is -2.13. The fraction of sp³-hybridized carbons (Fsp3) is 0.111. The number of thiazole rings is 1. The zero-order valence-corrected chi connectivity index (χ0v) is 16.7. The van der Waals surface area contributed by atoms with Crippen molar-refractivity contribution < 1.29 is 9.32 Å². The number of anilines is 1. The van der Waals surface area contributed by atoms with Crippen LogP contribution in [0, 0.1) is 6.92 Å². The second-order valence-corrected chi connectivity index (χ2v) is 8.31. The summed E-state index contributed by atoms with van der Waals surface area (Å²) in [7, 11) is 0. The van der Waals surface area contributed by atoms with Gasteiger partial charge >= 0.3 is 0 Å². The van der Waals surface area contributed by atoms with Crippen LogP contribution in [0.2, 0.25) is 0 Å². The van der Waals surface area contributed by atoms with Crippen LogP contribution in [0.5, 0.6) is 0 Å². The first kappa shape index (κ1) is 17.9. The summed E-state index contributed by atoms with van der Waals surface area (Å²) >= 11 is 4.47. The summed E-state index contributed by atoms with van der Waals surface area (Å²) in [6.07, 6.45) is 1.67. The molecule has 9 heteroatoms. The van der Waals surface area contributed by atoms with Crippen LogP contribution in [0.1, 0.15) is 21.8 Å². The smallest absolute Gasteiger partial charge is 0.260 e. The molecule has 0 atom stereocenters. The van der Waals surface area contributed by atoms with Gasteiger partial charge in [0.25, 0.3) is 5.91 Å². The van der Waals surface area contributed by atoms with Crippen LogP contribution in [0.25, 0.3) is 10.6 Å². The first-order valence-corrected chi connectivity index (χ1v) is 10.7. The Morgan fingerprint density at radius 2 is 2.22 bits per heavy atom. The van der Waals surface area contributed by atoms with Crippen molar-refractivity contribution >= 4 is 45.5 Å². The molecule has 4 aromatic rings. The van der Waals surface area contributed by atoms with Gasteiger partial charge in [0, 0.05) is 23.4 Å². The summed E-state index contributed by atoms with van der Waals surface area (Å²) in [4.78, 5) is 22.6. The average molecular weight is 415 g/mol. The number of hydrogen-bond donors (Lipinski definition) is 1. The summed E-state index contributed by atoms with van der Waals surface area (Å²) in [6, 6.07) is 9.36. The topological polar surface area (TPSA) is 80.9 Å². The Bertz CT molecular complexity index is 1060. The molecule has 0 saturated carbocycles. The highest BCUT2D eigenvalue weighted by molar-refractivity contribution is 7.98. The Balaban J connectivity index is 1.47. The maximum Gasteiger partial charge on any atom is 0.260 e. The molecule has 4 heterocycles.